The molecule has 0 bridgehead atoms. The van der Waals surface area contributed by atoms with Gasteiger partial charge < -0.3 is 47.3 Å². The number of nitrogens with two attached hydrogens (primary N) is 1. The Labute approximate surface area is 456 Å². The molecule has 0 fully saturated rings. The molecule has 1 aliphatic rings. The first-order chi connectivity index (χ1) is 35.8. The minimum absolute atomic E-state index is 0.00828. The van der Waals surface area contributed by atoms with Crippen LogP contribution in [0.25, 0.3) is 0 Å². The molecule has 4 unspecified atom stereocenters. The van der Waals surface area contributed by atoms with E-state index in [0.717, 1.165) is 10.5 Å². The number of ether oxygens (including phenoxy) is 1. The molecular formula is C55H82N10O11S. The standard InChI is InChI=1S/C55H82N10O11S/c1-14-36-29-38(60-48(71)39(21-18-27-58-51(56)74)61-42(67)31-59-41(66)30-53(6,7)33-76-34-54(8,9)32-65-43(68)24-25-44(65)69)22-23-40(36)77(75)63-47(70)35(2)26-28-64(13)50(73)46(52(3,4)5)62-49(72)45(57-12)55(10,11)37-19-16-15-17-20-37/h15-17,19-20,22-26,29,39,45-46,57H,14,18,21,27-28,30-34H2,1-13H3,(H,59,66)(H,60,71)(H,61,67)(H,62,72)(H,63,70)(H3,56,58,74)/b35-26+. The lowest BCUT2D eigenvalue weighted by Crippen LogP contribution is -2.60. The van der Waals surface area contributed by atoms with Crippen LogP contribution in [0, 0.1) is 16.2 Å². The number of urea groups is 1. The van der Waals surface area contributed by atoms with Gasteiger partial charge in [-0.25, -0.2) is 9.00 Å². The van der Waals surface area contributed by atoms with Gasteiger partial charge in [0.2, 0.25) is 29.5 Å². The van der Waals surface area contributed by atoms with Gasteiger partial charge >= 0.3 is 6.03 Å². The van der Waals surface area contributed by atoms with Gasteiger partial charge in [-0.15, -0.1) is 0 Å². The van der Waals surface area contributed by atoms with Crippen molar-refractivity contribution in [3.63, 3.8) is 0 Å². The van der Waals surface area contributed by atoms with Crippen molar-refractivity contribution in [2.24, 2.45) is 22.0 Å². The van der Waals surface area contributed by atoms with E-state index in [-0.39, 0.29) is 86.2 Å². The van der Waals surface area contributed by atoms with Gasteiger partial charge in [-0.05, 0) is 73.4 Å². The van der Waals surface area contributed by atoms with Crippen molar-refractivity contribution in [3.05, 3.63) is 83.5 Å². The Bertz CT molecular complexity index is 2540. The largest absolute Gasteiger partial charge is 0.380 e. The van der Waals surface area contributed by atoms with Gasteiger partial charge in [-0.3, -0.25) is 48.0 Å². The Morgan fingerprint density at radius 2 is 1.44 bits per heavy atom. The smallest absolute Gasteiger partial charge is 0.312 e. The van der Waals surface area contributed by atoms with Crippen LogP contribution in [-0.4, -0.2) is 139 Å². The van der Waals surface area contributed by atoms with Gasteiger partial charge in [-0.2, -0.15) is 0 Å². The lowest BCUT2D eigenvalue weighted by Gasteiger charge is -2.38. The Kier molecular flexibility index (Phi) is 23.9. The van der Waals surface area contributed by atoms with E-state index in [2.05, 4.69) is 36.6 Å². The number of amides is 10. The molecular weight excluding hydrogens is 1010 g/mol. The average molecular weight is 1090 g/mol. The lowest BCUT2D eigenvalue weighted by atomic mass is 9.76. The number of rotatable bonds is 29. The van der Waals surface area contributed by atoms with Gasteiger partial charge in [0, 0.05) is 67.3 Å². The van der Waals surface area contributed by atoms with Crippen LogP contribution in [-0.2, 0) is 65.9 Å². The maximum absolute atomic E-state index is 13.9. The molecule has 22 heteroatoms. The number of primary amides is 1. The molecule has 1 aliphatic heterocycles. The molecule has 77 heavy (non-hydrogen) atoms. The fourth-order valence-corrected chi connectivity index (χ4v) is 9.46. The molecule has 0 radical (unpaired) electrons. The van der Waals surface area contributed by atoms with E-state index < -0.39 is 87.0 Å². The number of nitrogens with one attached hydrogen (secondary N) is 7. The first-order valence-corrected chi connectivity index (χ1v) is 26.8. The van der Waals surface area contributed by atoms with Crippen LogP contribution in [0.2, 0.25) is 0 Å². The molecule has 21 nitrogen and oxygen atoms in total. The van der Waals surface area contributed by atoms with Crippen LogP contribution in [0.1, 0.15) is 107 Å². The van der Waals surface area contributed by atoms with Gasteiger partial charge in [0.05, 0.1) is 30.7 Å². The second kappa shape index (κ2) is 28.6. The molecule has 0 aliphatic carbocycles. The molecule has 10 amide bonds. The van der Waals surface area contributed by atoms with Crippen molar-refractivity contribution < 1.29 is 52.1 Å². The van der Waals surface area contributed by atoms with Crippen molar-refractivity contribution >= 4 is 70.0 Å². The van der Waals surface area contributed by atoms with E-state index in [1.54, 1.807) is 27.1 Å². The van der Waals surface area contributed by atoms with Crippen LogP contribution in [0.4, 0.5) is 10.5 Å². The van der Waals surface area contributed by atoms with Crippen LogP contribution in [0.3, 0.4) is 0 Å². The number of imide groups is 1. The predicted octanol–water partition coefficient (Wildman–Crippen LogP) is 3.26. The molecule has 0 saturated heterocycles. The Morgan fingerprint density at radius 1 is 0.818 bits per heavy atom. The van der Waals surface area contributed by atoms with Gasteiger partial charge in [0.15, 0.2) is 11.0 Å². The zero-order valence-electron chi connectivity index (χ0n) is 47.0. The van der Waals surface area contributed by atoms with Crippen molar-refractivity contribution in [1.29, 1.82) is 0 Å². The molecule has 0 aromatic heterocycles. The van der Waals surface area contributed by atoms with Crippen LogP contribution >= 0.6 is 0 Å². The quantitative estimate of drug-likeness (QED) is 0.0331. The summed E-state index contributed by atoms with van der Waals surface area (Å²) >= 11 is 0. The van der Waals surface area contributed by atoms with Crippen molar-refractivity contribution in [1.82, 2.24) is 41.1 Å². The molecule has 0 spiro atoms. The number of hydrogen-bond acceptors (Lipinski definition) is 12. The predicted molar refractivity (Wildman–Crippen MR) is 295 cm³/mol. The van der Waals surface area contributed by atoms with Crippen molar-refractivity contribution in [2.75, 3.05) is 58.8 Å². The second-order valence-electron chi connectivity index (χ2n) is 22.5. The number of carbonyl (C=O) groups is 9. The lowest BCUT2D eigenvalue weighted by molar-refractivity contribution is -0.139. The molecule has 424 valence electrons. The third kappa shape index (κ3) is 20.3. The summed E-state index contributed by atoms with van der Waals surface area (Å²) in [5.41, 5.74) is 4.67. The fraction of sp³-hybridized carbons (Fsp3) is 0.545. The minimum atomic E-state index is -2.04. The first-order valence-electron chi connectivity index (χ1n) is 25.6. The van der Waals surface area contributed by atoms with E-state index in [1.807, 2.05) is 92.6 Å². The van der Waals surface area contributed by atoms with Gasteiger partial charge in [0.1, 0.15) is 12.1 Å². The van der Waals surface area contributed by atoms with Crippen molar-refractivity contribution in [3.8, 4) is 0 Å². The summed E-state index contributed by atoms with van der Waals surface area (Å²) in [5.74, 6) is -3.84. The number of aryl methyl sites for hydroxylation is 1. The molecule has 3 rings (SSSR count). The summed E-state index contributed by atoms with van der Waals surface area (Å²) in [7, 11) is 1.23. The monoisotopic (exact) mass is 1090 g/mol. The third-order valence-corrected chi connectivity index (χ3v) is 14.0. The Balaban J connectivity index is 1.61. The molecule has 0 saturated carbocycles. The zero-order chi connectivity index (χ0) is 58.1. The second-order valence-corrected chi connectivity index (χ2v) is 23.7. The van der Waals surface area contributed by atoms with E-state index in [0.29, 0.717) is 17.7 Å². The number of carbonyl (C=O) groups excluding carboxylic acids is 9. The summed E-state index contributed by atoms with van der Waals surface area (Å²) in [6.07, 6.45) is 4.65. The van der Waals surface area contributed by atoms with E-state index in [1.165, 1.54) is 42.2 Å². The van der Waals surface area contributed by atoms with Crippen LogP contribution < -0.4 is 42.4 Å². The topological polar surface area (TPSA) is 297 Å². The summed E-state index contributed by atoms with van der Waals surface area (Å²) in [6.45, 7) is 20.4. The number of benzene rings is 2. The maximum atomic E-state index is 13.9. The van der Waals surface area contributed by atoms with Crippen LogP contribution in [0.15, 0.2) is 77.2 Å². The zero-order valence-corrected chi connectivity index (χ0v) is 47.8. The summed E-state index contributed by atoms with van der Waals surface area (Å²) in [5, 5.41) is 16.6. The minimum Gasteiger partial charge on any atom is -0.380 e. The number of nitrogens with zero attached hydrogens (tertiary/aromatic N) is 2. The maximum Gasteiger partial charge on any atom is 0.312 e. The fourth-order valence-electron chi connectivity index (χ4n) is 8.39. The highest BCUT2D eigenvalue weighted by molar-refractivity contribution is 7.83. The van der Waals surface area contributed by atoms with E-state index in [4.69, 9.17) is 10.5 Å². The number of hydrogen-bond donors (Lipinski definition) is 8. The molecule has 4 atom stereocenters. The van der Waals surface area contributed by atoms with Gasteiger partial charge in [0.25, 0.3) is 17.7 Å². The van der Waals surface area contributed by atoms with Crippen molar-refractivity contribution in [2.45, 2.75) is 130 Å². The SMILES string of the molecule is CCc1cc(NC(=O)C(CCCNC(N)=O)NC(=O)CNC(=O)CC(C)(C)COCC(C)(C)CN2C(=O)C=CC2=O)ccc1S(=O)NC(=O)/C(C)=C/CN(C)C(=O)C(NC(=O)C(NC)C(C)(C)c1ccccc1)C(C)(C)C. The highest BCUT2D eigenvalue weighted by atomic mass is 32.2. The Morgan fingerprint density at radius 3 is 2.03 bits per heavy atom. The highest BCUT2D eigenvalue weighted by Gasteiger charge is 2.41. The molecule has 2 aromatic carbocycles. The summed E-state index contributed by atoms with van der Waals surface area (Å²) < 4.78 is 22.1. The molecule has 9 N–H and O–H groups in total. The van der Waals surface area contributed by atoms with Gasteiger partial charge in [-0.1, -0.05) is 106 Å². The highest BCUT2D eigenvalue weighted by Crippen LogP contribution is 2.29. The average Bonchev–Trinajstić information content (AvgIpc) is 3.65. The number of likely N-dealkylation sites (N-methyl/N-ethyl adjacent to an activating group) is 2. The summed E-state index contributed by atoms with van der Waals surface area (Å²) in [4.78, 5) is 119. The first kappa shape index (κ1) is 64.5. The van der Waals surface area contributed by atoms with E-state index in [9.17, 15) is 47.4 Å². The Hall–Kier alpha value is -6.78. The molecule has 1 heterocycles. The number of anilines is 1. The normalized spacial score (nSPS) is 14.7. The summed E-state index contributed by atoms with van der Waals surface area (Å²) in [6, 6.07) is 10.8. The van der Waals surface area contributed by atoms with Crippen LogP contribution in [0.5, 0.6) is 0 Å². The molecule has 2 aromatic rings. The van der Waals surface area contributed by atoms with E-state index >= 15 is 0 Å². The third-order valence-electron chi connectivity index (χ3n) is 12.9.